The van der Waals surface area contributed by atoms with E-state index in [-0.39, 0.29) is 24.3 Å². The van der Waals surface area contributed by atoms with E-state index < -0.39 is 0 Å². The Labute approximate surface area is 200 Å². The lowest BCUT2D eigenvalue weighted by molar-refractivity contribution is -0.117. The van der Waals surface area contributed by atoms with Crippen LogP contribution in [0.3, 0.4) is 0 Å². The molecule has 1 fully saturated rings. The Morgan fingerprint density at radius 2 is 1.97 bits per heavy atom. The molecule has 1 aromatic heterocycles. The van der Waals surface area contributed by atoms with Crippen LogP contribution in [0.15, 0.2) is 48.7 Å². The summed E-state index contributed by atoms with van der Waals surface area (Å²) in [6, 6.07) is 12.7. The smallest absolute Gasteiger partial charge is 0.251 e. The fourth-order valence-corrected chi connectivity index (χ4v) is 4.66. The maximum absolute atomic E-state index is 12.4. The number of carbonyl (C=O) groups excluding carboxylic acids is 3. The number of hydrogen-bond acceptors (Lipinski definition) is 5. The molecule has 4 rings (SSSR count). The van der Waals surface area contributed by atoms with E-state index in [0.717, 1.165) is 33.1 Å². The standard InChI is InChI=1S/C24H23ClN4O3S/c1-15-4-2-5-17(22(15)25)12-19-13-27-24(33-19)28-20(30)14-26-23(32)16-7-9-18(10-8-16)29-11-3-6-21(29)31/h2,4-5,7-10,13H,3,6,11-12,14H2,1H3,(H,26,32)(H,27,28,30). The Balaban J connectivity index is 1.27. The van der Waals surface area contributed by atoms with Crippen molar-refractivity contribution in [2.45, 2.75) is 26.2 Å². The molecule has 33 heavy (non-hydrogen) atoms. The van der Waals surface area contributed by atoms with Crippen molar-refractivity contribution in [2.75, 3.05) is 23.3 Å². The van der Waals surface area contributed by atoms with Gasteiger partial charge in [0.1, 0.15) is 0 Å². The van der Waals surface area contributed by atoms with Gasteiger partial charge in [-0.2, -0.15) is 0 Å². The molecule has 1 aliphatic heterocycles. The lowest BCUT2D eigenvalue weighted by Crippen LogP contribution is -2.32. The van der Waals surface area contributed by atoms with Crippen LogP contribution in [0.4, 0.5) is 10.8 Å². The molecule has 7 nitrogen and oxygen atoms in total. The van der Waals surface area contributed by atoms with Crippen LogP contribution in [-0.4, -0.2) is 35.8 Å². The van der Waals surface area contributed by atoms with Crippen LogP contribution >= 0.6 is 22.9 Å². The van der Waals surface area contributed by atoms with Crippen molar-refractivity contribution in [1.29, 1.82) is 0 Å². The third-order valence-electron chi connectivity index (χ3n) is 5.36. The maximum atomic E-state index is 12.4. The summed E-state index contributed by atoms with van der Waals surface area (Å²) in [6.07, 6.45) is 3.74. The molecule has 170 valence electrons. The topological polar surface area (TPSA) is 91.4 Å². The summed E-state index contributed by atoms with van der Waals surface area (Å²) < 4.78 is 0. The minimum absolute atomic E-state index is 0.0937. The van der Waals surface area contributed by atoms with Crippen molar-refractivity contribution >= 4 is 51.5 Å². The average Bonchev–Trinajstić information content (AvgIpc) is 3.44. The normalized spacial score (nSPS) is 13.3. The second-order valence-corrected chi connectivity index (χ2v) is 9.28. The fraction of sp³-hybridized carbons (Fsp3) is 0.250. The van der Waals surface area contributed by atoms with Gasteiger partial charge in [0.15, 0.2) is 5.13 Å². The number of anilines is 2. The first-order chi connectivity index (χ1) is 15.9. The van der Waals surface area contributed by atoms with Crippen molar-refractivity contribution < 1.29 is 14.4 Å². The van der Waals surface area contributed by atoms with Gasteiger partial charge in [-0.05, 0) is 48.7 Å². The Kier molecular flexibility index (Phi) is 7.05. The minimum atomic E-state index is -0.364. The first-order valence-corrected chi connectivity index (χ1v) is 11.8. The van der Waals surface area contributed by atoms with E-state index >= 15 is 0 Å². The molecule has 9 heteroatoms. The zero-order valence-electron chi connectivity index (χ0n) is 18.1. The van der Waals surface area contributed by atoms with Crippen molar-refractivity contribution in [3.8, 4) is 0 Å². The zero-order valence-corrected chi connectivity index (χ0v) is 19.6. The molecular weight excluding hydrogens is 460 g/mol. The quantitative estimate of drug-likeness (QED) is 0.528. The van der Waals surface area contributed by atoms with Crippen molar-refractivity contribution in [2.24, 2.45) is 0 Å². The molecule has 0 bridgehead atoms. The van der Waals surface area contributed by atoms with Gasteiger partial charge in [0.2, 0.25) is 11.8 Å². The molecule has 0 aliphatic carbocycles. The predicted molar refractivity (Wildman–Crippen MR) is 130 cm³/mol. The summed E-state index contributed by atoms with van der Waals surface area (Å²) in [7, 11) is 0. The van der Waals surface area contributed by atoms with Crippen LogP contribution < -0.4 is 15.5 Å². The number of amides is 3. The minimum Gasteiger partial charge on any atom is -0.343 e. The summed E-state index contributed by atoms with van der Waals surface area (Å²) in [5.74, 6) is -0.633. The molecule has 2 heterocycles. The van der Waals surface area contributed by atoms with Crippen LogP contribution in [-0.2, 0) is 16.0 Å². The van der Waals surface area contributed by atoms with Crippen LogP contribution in [0, 0.1) is 6.92 Å². The molecule has 2 aromatic carbocycles. The number of hydrogen-bond donors (Lipinski definition) is 2. The van der Waals surface area contributed by atoms with E-state index in [1.807, 2.05) is 25.1 Å². The number of nitrogens with one attached hydrogen (secondary N) is 2. The molecule has 1 aliphatic rings. The fourth-order valence-electron chi connectivity index (χ4n) is 3.62. The van der Waals surface area contributed by atoms with Gasteiger partial charge >= 0.3 is 0 Å². The highest BCUT2D eigenvalue weighted by Gasteiger charge is 2.21. The summed E-state index contributed by atoms with van der Waals surface area (Å²) >= 11 is 7.73. The first-order valence-electron chi connectivity index (χ1n) is 10.6. The van der Waals surface area contributed by atoms with Gasteiger partial charge < -0.3 is 15.5 Å². The van der Waals surface area contributed by atoms with Crippen LogP contribution in [0.2, 0.25) is 5.02 Å². The molecule has 3 aromatic rings. The van der Waals surface area contributed by atoms with E-state index in [1.54, 1.807) is 35.4 Å². The maximum Gasteiger partial charge on any atom is 0.251 e. The monoisotopic (exact) mass is 482 g/mol. The number of benzene rings is 2. The number of thiazole rings is 1. The number of aromatic nitrogens is 1. The van der Waals surface area contributed by atoms with E-state index in [4.69, 9.17) is 11.6 Å². The Bertz CT molecular complexity index is 1190. The van der Waals surface area contributed by atoms with E-state index in [1.165, 1.54) is 11.3 Å². The van der Waals surface area contributed by atoms with Crippen molar-refractivity contribution in [3.63, 3.8) is 0 Å². The number of aryl methyl sites for hydroxylation is 1. The largest absolute Gasteiger partial charge is 0.343 e. The van der Waals surface area contributed by atoms with Gasteiger partial charge in [-0.15, -0.1) is 11.3 Å². The van der Waals surface area contributed by atoms with Gasteiger partial charge in [-0.25, -0.2) is 4.98 Å². The molecular formula is C24H23ClN4O3S. The molecule has 3 amide bonds. The average molecular weight is 483 g/mol. The number of halogens is 1. The highest BCUT2D eigenvalue weighted by Crippen LogP contribution is 2.27. The third-order valence-corrected chi connectivity index (χ3v) is 6.81. The van der Waals surface area contributed by atoms with Crippen LogP contribution in [0.25, 0.3) is 0 Å². The molecule has 0 unspecified atom stereocenters. The number of nitrogens with zero attached hydrogens (tertiary/aromatic N) is 2. The SMILES string of the molecule is Cc1cccc(Cc2cnc(NC(=O)CNC(=O)c3ccc(N4CCCC4=O)cc3)s2)c1Cl. The molecule has 1 saturated heterocycles. The predicted octanol–water partition coefficient (Wildman–Crippen LogP) is 4.19. The summed E-state index contributed by atoms with van der Waals surface area (Å²) in [4.78, 5) is 43.4. The van der Waals surface area contributed by atoms with E-state index in [9.17, 15) is 14.4 Å². The van der Waals surface area contributed by atoms with Crippen LogP contribution in [0.5, 0.6) is 0 Å². The number of rotatable bonds is 7. The second-order valence-electron chi connectivity index (χ2n) is 7.78. The molecule has 0 radical (unpaired) electrons. The van der Waals surface area contributed by atoms with Crippen LogP contribution in [0.1, 0.15) is 39.2 Å². The van der Waals surface area contributed by atoms with Gasteiger partial charge in [-0.3, -0.25) is 14.4 Å². The third kappa shape index (κ3) is 5.58. The van der Waals surface area contributed by atoms with Gasteiger partial charge in [0, 0.05) is 46.7 Å². The molecule has 0 spiro atoms. The zero-order chi connectivity index (χ0) is 23.4. The Hall–Kier alpha value is -3.23. The Morgan fingerprint density at radius 1 is 1.18 bits per heavy atom. The lowest BCUT2D eigenvalue weighted by Gasteiger charge is -2.15. The highest BCUT2D eigenvalue weighted by molar-refractivity contribution is 7.15. The van der Waals surface area contributed by atoms with E-state index in [0.29, 0.717) is 30.1 Å². The van der Waals surface area contributed by atoms with Gasteiger partial charge in [-0.1, -0.05) is 29.8 Å². The highest BCUT2D eigenvalue weighted by atomic mass is 35.5. The first kappa shape index (κ1) is 22.9. The molecule has 0 saturated carbocycles. The summed E-state index contributed by atoms with van der Waals surface area (Å²) in [5, 5.41) is 6.51. The summed E-state index contributed by atoms with van der Waals surface area (Å²) in [6.45, 7) is 2.48. The van der Waals surface area contributed by atoms with Crippen molar-refractivity contribution in [1.82, 2.24) is 10.3 Å². The molecule has 0 atom stereocenters. The lowest BCUT2D eigenvalue weighted by atomic mass is 10.1. The number of carbonyl (C=O) groups is 3. The van der Waals surface area contributed by atoms with Gasteiger partial charge in [0.05, 0.1) is 6.54 Å². The molecule has 2 N–H and O–H groups in total. The Morgan fingerprint density at radius 3 is 2.70 bits per heavy atom. The van der Waals surface area contributed by atoms with Crippen molar-refractivity contribution in [3.05, 3.63) is 75.3 Å². The second kappa shape index (κ2) is 10.1. The summed E-state index contributed by atoms with van der Waals surface area (Å²) in [5.41, 5.74) is 3.22. The van der Waals surface area contributed by atoms with E-state index in [2.05, 4.69) is 15.6 Å². The van der Waals surface area contributed by atoms with Gasteiger partial charge in [0.25, 0.3) is 5.91 Å².